The number of aliphatic carboxylic acids is 1. The molecule has 0 aliphatic rings. The van der Waals surface area contributed by atoms with E-state index < -0.39 is 24.3 Å². The highest BCUT2D eigenvalue weighted by atomic mass is 16.7. The number of unbranched alkanes of at least 4 members (excludes halogenated alkanes) is 45. The van der Waals surface area contributed by atoms with Gasteiger partial charge in [-0.2, -0.15) is 0 Å². The van der Waals surface area contributed by atoms with E-state index in [2.05, 4.69) is 98.9 Å². The van der Waals surface area contributed by atoms with Gasteiger partial charge in [0.2, 0.25) is 0 Å². The number of quaternary nitrogens is 1. The van der Waals surface area contributed by atoms with Crippen molar-refractivity contribution in [2.24, 2.45) is 0 Å². The third-order valence-corrected chi connectivity index (χ3v) is 17.6. The quantitative estimate of drug-likeness (QED) is 0.0195. The lowest BCUT2D eigenvalue weighted by Crippen LogP contribution is -2.44. The highest BCUT2D eigenvalue weighted by Crippen LogP contribution is 2.19. The minimum atomic E-state index is -1.63. The third kappa shape index (κ3) is 75.7. The van der Waals surface area contributed by atoms with Crippen molar-refractivity contribution in [3.8, 4) is 0 Å². The number of likely N-dealkylation sites (N-methyl/N-ethyl adjacent to an activating group) is 1. The number of hydrogen-bond acceptors (Lipinski definition) is 8. The van der Waals surface area contributed by atoms with Gasteiger partial charge in [0, 0.05) is 12.8 Å². The van der Waals surface area contributed by atoms with Crippen LogP contribution in [0.4, 0.5) is 0 Å². The van der Waals surface area contributed by atoms with E-state index in [1.54, 1.807) is 0 Å². The van der Waals surface area contributed by atoms with Crippen LogP contribution in [0.2, 0.25) is 0 Å². The molecule has 0 heterocycles. The largest absolute Gasteiger partial charge is 0.545 e. The number of nitrogens with zero attached hydrogens (tertiary/aromatic N) is 1. The van der Waals surface area contributed by atoms with E-state index >= 15 is 0 Å². The van der Waals surface area contributed by atoms with Crippen molar-refractivity contribution in [2.45, 2.75) is 386 Å². The van der Waals surface area contributed by atoms with Crippen molar-refractivity contribution in [3.63, 3.8) is 0 Å². The van der Waals surface area contributed by atoms with Gasteiger partial charge in [0.1, 0.15) is 13.2 Å². The van der Waals surface area contributed by atoms with Crippen LogP contribution in [0.25, 0.3) is 0 Å². The van der Waals surface area contributed by atoms with Gasteiger partial charge in [0.05, 0.1) is 40.3 Å². The van der Waals surface area contributed by atoms with Crippen molar-refractivity contribution < 1.29 is 42.9 Å². The Kier molecular flexibility index (Phi) is 71.4. The second-order valence-corrected chi connectivity index (χ2v) is 28.0. The highest BCUT2D eigenvalue weighted by molar-refractivity contribution is 5.70. The second kappa shape index (κ2) is 74.3. The van der Waals surface area contributed by atoms with Crippen molar-refractivity contribution in [1.29, 1.82) is 0 Å². The molecule has 9 nitrogen and oxygen atoms in total. The number of hydrogen-bond donors (Lipinski definition) is 0. The number of carboxylic acid groups (broad SMARTS) is 1. The predicted octanol–water partition coefficient (Wildman–Crippen LogP) is 24.0. The summed E-state index contributed by atoms with van der Waals surface area (Å²) < 4.78 is 22.9. The van der Waals surface area contributed by atoms with Crippen LogP contribution in [0.5, 0.6) is 0 Å². The number of carbonyl (C=O) groups is 3. The Balaban J connectivity index is 4.00. The average Bonchev–Trinajstić information content (AvgIpc) is 3.38. The van der Waals surface area contributed by atoms with E-state index in [9.17, 15) is 19.5 Å². The van der Waals surface area contributed by atoms with Gasteiger partial charge in [0.25, 0.3) is 0 Å². The topological polar surface area (TPSA) is 111 Å². The van der Waals surface area contributed by atoms with Gasteiger partial charge in [-0.15, -0.1) is 0 Å². The molecular weight excluding hydrogens is 1150 g/mol. The maximum absolute atomic E-state index is 13.0. The van der Waals surface area contributed by atoms with Crippen LogP contribution in [-0.4, -0.2) is 82.3 Å². The molecule has 0 saturated carbocycles. The number of carboxylic acids is 1. The summed E-state index contributed by atoms with van der Waals surface area (Å²) >= 11 is 0. The number of ether oxygens (including phenoxy) is 4. The molecule has 0 fully saturated rings. The summed E-state index contributed by atoms with van der Waals surface area (Å²) in [5.41, 5.74) is 0. The summed E-state index contributed by atoms with van der Waals surface area (Å²) in [5.74, 6) is -2.27. The molecule has 2 atom stereocenters. The van der Waals surface area contributed by atoms with E-state index in [-0.39, 0.29) is 32.2 Å². The molecule has 0 radical (unpaired) electrons. The third-order valence-electron chi connectivity index (χ3n) is 17.6. The average molecular weight is 1300 g/mol. The van der Waals surface area contributed by atoms with Crippen LogP contribution in [-0.2, 0) is 33.3 Å². The van der Waals surface area contributed by atoms with Gasteiger partial charge < -0.3 is 33.3 Å². The molecule has 0 aromatic rings. The molecule has 9 heteroatoms. The van der Waals surface area contributed by atoms with Crippen molar-refractivity contribution >= 4 is 17.9 Å². The Hall–Kier alpha value is -3.53. The van der Waals surface area contributed by atoms with Crippen LogP contribution in [0, 0.1) is 0 Å². The lowest BCUT2D eigenvalue weighted by molar-refractivity contribution is -0.870. The smallest absolute Gasteiger partial charge is 0.306 e. The van der Waals surface area contributed by atoms with E-state index in [4.69, 9.17) is 18.9 Å². The summed E-state index contributed by atoms with van der Waals surface area (Å²) in [5, 5.41) is 11.9. The molecule has 0 aromatic carbocycles. The molecule has 0 N–H and O–H groups in total. The zero-order valence-electron chi connectivity index (χ0n) is 61.9. The molecule has 0 bridgehead atoms. The fourth-order valence-corrected chi connectivity index (χ4v) is 11.6. The summed E-state index contributed by atoms with van der Waals surface area (Å²) in [4.78, 5) is 37.6. The molecule has 2 unspecified atom stereocenters. The van der Waals surface area contributed by atoms with Gasteiger partial charge >= 0.3 is 11.9 Å². The summed E-state index contributed by atoms with van der Waals surface area (Å²) in [7, 11) is 5.94. The Morgan fingerprint density at radius 3 is 0.925 bits per heavy atom. The maximum atomic E-state index is 13.0. The Labute approximate surface area is 576 Å². The normalized spacial score (nSPS) is 13.1. The fraction of sp³-hybridized carbons (Fsp3) is 0.798. The SMILES string of the molecule is CC/C=C\C/C=C\C/C=C\C/C=C\C/C=C\C/C=C\CCCCCCCCCCCCCCC(=O)OC(COC(=O)CCCCCCCCCCCCCCCCCCCCCCCCCCC/C=C\CCCCCCCCCC)COC(OCC[N+](C)(C)C)C(=O)[O-]. The predicted molar refractivity (Wildman–Crippen MR) is 398 cm³/mol. The lowest BCUT2D eigenvalue weighted by Gasteiger charge is -2.26. The number of allylic oxidation sites excluding steroid dienone is 14. The van der Waals surface area contributed by atoms with E-state index in [1.807, 2.05) is 21.1 Å². The van der Waals surface area contributed by atoms with Crippen LogP contribution < -0.4 is 5.11 Å². The zero-order chi connectivity index (χ0) is 67.5. The van der Waals surface area contributed by atoms with Gasteiger partial charge in [0.15, 0.2) is 12.4 Å². The minimum Gasteiger partial charge on any atom is -0.545 e. The van der Waals surface area contributed by atoms with Gasteiger partial charge in [-0.05, 0) is 89.9 Å². The lowest BCUT2D eigenvalue weighted by atomic mass is 10.0. The molecule has 0 rings (SSSR count). The first-order valence-electron chi connectivity index (χ1n) is 39.7. The maximum Gasteiger partial charge on any atom is 0.306 e. The van der Waals surface area contributed by atoms with Gasteiger partial charge in [-0.25, -0.2) is 0 Å². The van der Waals surface area contributed by atoms with Crippen LogP contribution in [0.3, 0.4) is 0 Å². The monoisotopic (exact) mass is 1300 g/mol. The summed E-state index contributed by atoms with van der Waals surface area (Å²) in [6.07, 6.45) is 98.5. The van der Waals surface area contributed by atoms with Crippen molar-refractivity contribution in [2.75, 3.05) is 47.5 Å². The minimum absolute atomic E-state index is 0.146. The molecule has 0 saturated heterocycles. The molecule has 0 spiro atoms. The first-order valence-corrected chi connectivity index (χ1v) is 39.7. The van der Waals surface area contributed by atoms with E-state index in [0.717, 1.165) is 77.0 Å². The molecule has 0 amide bonds. The Morgan fingerprint density at radius 2 is 0.613 bits per heavy atom. The van der Waals surface area contributed by atoms with E-state index in [1.165, 1.54) is 263 Å². The van der Waals surface area contributed by atoms with E-state index in [0.29, 0.717) is 23.9 Å². The van der Waals surface area contributed by atoms with Gasteiger partial charge in [-0.3, -0.25) is 9.59 Å². The van der Waals surface area contributed by atoms with Crippen molar-refractivity contribution in [3.05, 3.63) is 85.1 Å². The van der Waals surface area contributed by atoms with Crippen LogP contribution >= 0.6 is 0 Å². The zero-order valence-corrected chi connectivity index (χ0v) is 61.9. The molecule has 0 aliphatic carbocycles. The van der Waals surface area contributed by atoms with Crippen LogP contribution in [0.1, 0.15) is 373 Å². The molecule has 540 valence electrons. The Morgan fingerprint density at radius 1 is 0.333 bits per heavy atom. The second-order valence-electron chi connectivity index (χ2n) is 28.0. The number of carbonyl (C=O) groups excluding carboxylic acids is 3. The number of rotatable bonds is 74. The standard InChI is InChI=1S/C84H151NO8/c1-6-8-10-12-14-16-18-20-22-24-26-28-30-32-34-36-38-39-40-41-42-43-45-46-48-50-52-54-56-58-60-62-64-66-68-70-72-74-81(86)91-78-80(79-92-84(83(88)89)90-77-76-85(3,4)5)93-82(87)75-73-71-69-67-65-63-61-59-57-55-53-51-49-47-44-37-35-33-31-29-27-25-23-21-19-17-15-13-11-9-7-2/h9,11,15,17,21,23-24,26-27,29,33,35,44,47,80,84H,6-8,10,12-14,16,18-20,22,25,28,30-32,34,36-43,45-46,48-79H2,1-5H3/b11-9-,17-15-,23-21-,26-24-,29-27-,35-33-,47-44-. The van der Waals surface area contributed by atoms with Crippen molar-refractivity contribution in [1.82, 2.24) is 0 Å². The number of esters is 2. The van der Waals surface area contributed by atoms with Crippen LogP contribution in [0.15, 0.2) is 85.1 Å². The first-order chi connectivity index (χ1) is 45.6. The highest BCUT2D eigenvalue weighted by Gasteiger charge is 2.22. The van der Waals surface area contributed by atoms with Gasteiger partial charge in [-0.1, -0.05) is 356 Å². The summed E-state index contributed by atoms with van der Waals surface area (Å²) in [6, 6.07) is 0. The molecule has 0 aromatic heterocycles. The Bertz CT molecular complexity index is 1810. The molecule has 93 heavy (non-hydrogen) atoms. The summed E-state index contributed by atoms with van der Waals surface area (Å²) in [6.45, 7) is 4.68. The molecule has 0 aliphatic heterocycles. The molecular formula is C84H151NO8. The fourth-order valence-electron chi connectivity index (χ4n) is 11.6. The first kappa shape index (κ1) is 89.5.